The number of carbonyl (C=O) groups is 2. The highest BCUT2D eigenvalue weighted by molar-refractivity contribution is 6.31. The van der Waals surface area contributed by atoms with Crippen LogP contribution in [-0.4, -0.2) is 28.2 Å². The first-order chi connectivity index (χ1) is 11.6. The van der Waals surface area contributed by atoms with Crippen LogP contribution < -0.4 is 4.90 Å². The smallest absolute Gasteiger partial charge is 0.258 e. The standard InChI is InChI=1S/C18H16ClN3O2/c19-14-3-4-16-13(7-14)11-22(18(16)24)15-6-12(8-20-9-15)10-21-5-1-2-17(21)23/h3-4,6-9H,1-2,5,10-11H2. The van der Waals surface area contributed by atoms with Crippen molar-refractivity contribution in [3.8, 4) is 0 Å². The molecule has 1 saturated heterocycles. The van der Waals surface area contributed by atoms with Crippen molar-refractivity contribution in [3.05, 3.63) is 58.4 Å². The molecule has 24 heavy (non-hydrogen) atoms. The highest BCUT2D eigenvalue weighted by Gasteiger charge is 2.29. The number of fused-ring (bicyclic) bond motifs is 1. The Kier molecular flexibility index (Phi) is 3.73. The number of carbonyl (C=O) groups excluding carboxylic acids is 2. The molecule has 0 bridgehead atoms. The number of benzene rings is 1. The number of amides is 2. The van der Waals surface area contributed by atoms with Gasteiger partial charge in [0.2, 0.25) is 5.91 Å². The zero-order chi connectivity index (χ0) is 16.7. The minimum absolute atomic E-state index is 0.0436. The lowest BCUT2D eigenvalue weighted by Crippen LogP contribution is -2.25. The Bertz CT molecular complexity index is 837. The highest BCUT2D eigenvalue weighted by atomic mass is 35.5. The largest absolute Gasteiger partial charge is 0.338 e. The molecule has 3 heterocycles. The minimum atomic E-state index is -0.0436. The molecule has 4 rings (SSSR count). The Morgan fingerprint density at radius 3 is 2.83 bits per heavy atom. The van der Waals surface area contributed by atoms with Crippen LogP contribution in [0.15, 0.2) is 36.7 Å². The third-order valence-corrected chi connectivity index (χ3v) is 4.74. The van der Waals surface area contributed by atoms with E-state index in [1.54, 1.807) is 29.4 Å². The molecule has 2 aliphatic heterocycles. The molecule has 2 aliphatic rings. The maximum absolute atomic E-state index is 12.6. The van der Waals surface area contributed by atoms with Crippen LogP contribution in [0.1, 0.15) is 34.3 Å². The summed E-state index contributed by atoms with van der Waals surface area (Å²) in [5.74, 6) is 0.137. The Hall–Kier alpha value is -2.40. The summed E-state index contributed by atoms with van der Waals surface area (Å²) >= 11 is 6.02. The fourth-order valence-electron chi connectivity index (χ4n) is 3.30. The molecule has 0 radical (unpaired) electrons. The quantitative estimate of drug-likeness (QED) is 0.862. The van der Waals surface area contributed by atoms with Crippen molar-refractivity contribution < 1.29 is 9.59 Å². The second-order valence-electron chi connectivity index (χ2n) is 6.16. The summed E-state index contributed by atoms with van der Waals surface area (Å²) in [7, 11) is 0. The van der Waals surface area contributed by atoms with Crippen LogP contribution in [0, 0.1) is 0 Å². The SMILES string of the molecule is O=C1CCCN1Cc1cncc(N2Cc3cc(Cl)ccc3C2=O)c1. The fourth-order valence-corrected chi connectivity index (χ4v) is 3.49. The predicted molar refractivity (Wildman–Crippen MR) is 90.9 cm³/mol. The maximum Gasteiger partial charge on any atom is 0.258 e. The van der Waals surface area contributed by atoms with Gasteiger partial charge in [0, 0.05) is 36.3 Å². The molecular formula is C18H16ClN3O2. The van der Waals surface area contributed by atoms with Crippen LogP contribution >= 0.6 is 11.6 Å². The van der Waals surface area contributed by atoms with Gasteiger partial charge in [0.05, 0.1) is 18.4 Å². The molecule has 0 atom stereocenters. The molecular weight excluding hydrogens is 326 g/mol. The molecule has 5 nitrogen and oxygen atoms in total. The van der Waals surface area contributed by atoms with Crippen molar-refractivity contribution in [1.29, 1.82) is 0 Å². The molecule has 122 valence electrons. The lowest BCUT2D eigenvalue weighted by molar-refractivity contribution is -0.128. The van der Waals surface area contributed by atoms with Crippen LogP contribution in [-0.2, 0) is 17.9 Å². The summed E-state index contributed by atoms with van der Waals surface area (Å²) in [5, 5.41) is 0.628. The summed E-state index contributed by atoms with van der Waals surface area (Å²) in [6, 6.07) is 7.26. The van der Waals surface area contributed by atoms with Crippen LogP contribution in [0.25, 0.3) is 0 Å². The van der Waals surface area contributed by atoms with E-state index in [9.17, 15) is 9.59 Å². The predicted octanol–water partition coefficient (Wildman–Crippen LogP) is 3.02. The molecule has 2 amide bonds. The number of halogens is 1. The van der Waals surface area contributed by atoms with Gasteiger partial charge in [0.1, 0.15) is 0 Å². The van der Waals surface area contributed by atoms with E-state index in [4.69, 9.17) is 11.6 Å². The third-order valence-electron chi connectivity index (χ3n) is 4.51. The van der Waals surface area contributed by atoms with E-state index in [2.05, 4.69) is 4.98 Å². The van der Waals surface area contributed by atoms with Gasteiger partial charge >= 0.3 is 0 Å². The topological polar surface area (TPSA) is 53.5 Å². The lowest BCUT2D eigenvalue weighted by Gasteiger charge is -2.19. The molecule has 0 saturated carbocycles. The Balaban J connectivity index is 1.58. The second-order valence-corrected chi connectivity index (χ2v) is 6.60. The van der Waals surface area contributed by atoms with Gasteiger partial charge in [0.25, 0.3) is 5.91 Å². The fraction of sp³-hybridized carbons (Fsp3) is 0.278. The first kappa shape index (κ1) is 15.1. The Labute approximate surface area is 144 Å². The van der Waals surface area contributed by atoms with Gasteiger partial charge in [-0.05, 0) is 41.8 Å². The Morgan fingerprint density at radius 1 is 1.17 bits per heavy atom. The van der Waals surface area contributed by atoms with E-state index in [1.165, 1.54) is 0 Å². The molecule has 2 aromatic rings. The second kappa shape index (κ2) is 5.91. The van der Waals surface area contributed by atoms with Crippen LogP contribution in [0.5, 0.6) is 0 Å². The first-order valence-corrected chi connectivity index (χ1v) is 8.31. The molecule has 6 heteroatoms. The molecule has 0 N–H and O–H groups in total. The number of pyridine rings is 1. The monoisotopic (exact) mass is 341 g/mol. The van der Waals surface area contributed by atoms with Crippen molar-refractivity contribution in [2.24, 2.45) is 0 Å². The number of hydrogen-bond donors (Lipinski definition) is 0. The third kappa shape index (κ3) is 2.65. The summed E-state index contributed by atoms with van der Waals surface area (Å²) in [6.45, 7) is 1.82. The number of rotatable bonds is 3. The minimum Gasteiger partial charge on any atom is -0.338 e. The summed E-state index contributed by atoms with van der Waals surface area (Å²) in [4.78, 5) is 32.2. The van der Waals surface area contributed by atoms with Crippen molar-refractivity contribution >= 4 is 29.1 Å². The molecule has 1 aromatic carbocycles. The lowest BCUT2D eigenvalue weighted by atomic mass is 10.1. The molecule has 1 fully saturated rings. The Morgan fingerprint density at radius 2 is 2.04 bits per heavy atom. The van der Waals surface area contributed by atoms with E-state index in [1.807, 2.05) is 17.0 Å². The zero-order valence-electron chi connectivity index (χ0n) is 13.0. The van der Waals surface area contributed by atoms with Gasteiger partial charge in [0.15, 0.2) is 0 Å². The molecule has 1 aromatic heterocycles. The van der Waals surface area contributed by atoms with Crippen molar-refractivity contribution in [2.45, 2.75) is 25.9 Å². The van der Waals surface area contributed by atoms with Crippen LogP contribution in [0.2, 0.25) is 5.02 Å². The average molecular weight is 342 g/mol. The van der Waals surface area contributed by atoms with Crippen LogP contribution in [0.3, 0.4) is 0 Å². The summed E-state index contributed by atoms with van der Waals surface area (Å²) in [5.41, 5.74) is 3.29. The van der Waals surface area contributed by atoms with E-state index in [0.717, 1.165) is 29.8 Å². The van der Waals surface area contributed by atoms with Crippen molar-refractivity contribution in [3.63, 3.8) is 0 Å². The highest BCUT2D eigenvalue weighted by Crippen LogP contribution is 2.30. The van der Waals surface area contributed by atoms with E-state index in [0.29, 0.717) is 30.1 Å². The van der Waals surface area contributed by atoms with E-state index < -0.39 is 0 Å². The normalized spacial score (nSPS) is 16.9. The number of likely N-dealkylation sites (tertiary alicyclic amines) is 1. The number of aromatic nitrogens is 1. The van der Waals surface area contributed by atoms with Gasteiger partial charge in [-0.3, -0.25) is 14.6 Å². The summed E-state index contributed by atoms with van der Waals surface area (Å²) in [6.07, 6.45) is 4.96. The van der Waals surface area contributed by atoms with Crippen molar-refractivity contribution in [2.75, 3.05) is 11.4 Å². The van der Waals surface area contributed by atoms with Crippen LogP contribution in [0.4, 0.5) is 5.69 Å². The van der Waals surface area contributed by atoms with Gasteiger partial charge in [-0.15, -0.1) is 0 Å². The van der Waals surface area contributed by atoms with Gasteiger partial charge < -0.3 is 9.80 Å². The molecule has 0 aliphatic carbocycles. The number of anilines is 1. The van der Waals surface area contributed by atoms with Crippen molar-refractivity contribution in [1.82, 2.24) is 9.88 Å². The number of hydrogen-bond acceptors (Lipinski definition) is 3. The van der Waals surface area contributed by atoms with Gasteiger partial charge in [-0.25, -0.2) is 0 Å². The zero-order valence-corrected chi connectivity index (χ0v) is 13.8. The first-order valence-electron chi connectivity index (χ1n) is 7.94. The average Bonchev–Trinajstić information content (AvgIpc) is 3.11. The maximum atomic E-state index is 12.6. The number of nitrogens with zero attached hydrogens (tertiary/aromatic N) is 3. The van der Waals surface area contributed by atoms with E-state index >= 15 is 0 Å². The van der Waals surface area contributed by atoms with Gasteiger partial charge in [-0.2, -0.15) is 0 Å². The summed E-state index contributed by atoms with van der Waals surface area (Å²) < 4.78 is 0. The van der Waals surface area contributed by atoms with Gasteiger partial charge in [-0.1, -0.05) is 11.6 Å². The van der Waals surface area contributed by atoms with E-state index in [-0.39, 0.29) is 11.8 Å². The molecule has 0 spiro atoms. The molecule has 0 unspecified atom stereocenters.